The minimum absolute atomic E-state index is 0.0265. The molecule has 9 atom stereocenters. The predicted molar refractivity (Wildman–Crippen MR) is 258 cm³/mol. The third-order valence-corrected chi connectivity index (χ3v) is 11.5. The summed E-state index contributed by atoms with van der Waals surface area (Å²) in [6.07, 6.45) is 4.00. The molecule has 390 valence electrons. The van der Waals surface area contributed by atoms with Gasteiger partial charge >= 0.3 is 0 Å². The van der Waals surface area contributed by atoms with Gasteiger partial charge in [0.25, 0.3) is 0 Å². The molecule has 8 amide bonds. The molecule has 1 rings (SSSR count). The second kappa shape index (κ2) is 33.7. The second-order valence-electron chi connectivity index (χ2n) is 18.7. The molecule has 1 heterocycles. The Hall–Kier alpha value is -4.77. The third-order valence-electron chi connectivity index (χ3n) is 11.5. The van der Waals surface area contributed by atoms with Crippen molar-refractivity contribution in [2.75, 3.05) is 32.7 Å². The molecule has 0 saturated carbocycles. The Labute approximate surface area is 402 Å². The summed E-state index contributed by atoms with van der Waals surface area (Å²) in [7, 11) is 0. The highest BCUT2D eigenvalue weighted by molar-refractivity contribution is 5.98. The number of aliphatic hydroxyl groups is 1. The molecule has 0 aromatic rings. The quantitative estimate of drug-likeness (QED) is 0.0470. The number of Topliss-reactive ketones (excluding diaryl/α,β-unsaturated/α-hetero) is 1. The largest absolute Gasteiger partial charge is 0.393 e. The first-order valence-corrected chi connectivity index (χ1v) is 24.6. The summed E-state index contributed by atoms with van der Waals surface area (Å²) >= 11 is 0. The van der Waals surface area contributed by atoms with E-state index in [-0.39, 0.29) is 108 Å². The van der Waals surface area contributed by atoms with E-state index >= 15 is 0 Å². The zero-order valence-corrected chi connectivity index (χ0v) is 41.4. The van der Waals surface area contributed by atoms with Gasteiger partial charge in [-0.15, -0.1) is 0 Å². The Morgan fingerprint density at radius 2 is 1.04 bits per heavy atom. The zero-order valence-electron chi connectivity index (χ0n) is 41.4. The van der Waals surface area contributed by atoms with Gasteiger partial charge in [-0.1, -0.05) is 66.7 Å². The smallest absolute Gasteiger partial charge is 0.243 e. The molecule has 0 spiro atoms. The molecule has 1 fully saturated rings. The van der Waals surface area contributed by atoms with Crippen molar-refractivity contribution in [3.8, 4) is 0 Å². The summed E-state index contributed by atoms with van der Waals surface area (Å²) in [5, 5.41) is 31.7. The maximum absolute atomic E-state index is 14.1. The summed E-state index contributed by atoms with van der Waals surface area (Å²) in [4.78, 5) is 123. The van der Waals surface area contributed by atoms with E-state index in [4.69, 9.17) is 22.9 Å². The first kappa shape index (κ1) is 61.2. The molecule has 68 heavy (non-hydrogen) atoms. The Morgan fingerprint density at radius 3 is 1.54 bits per heavy atom. The van der Waals surface area contributed by atoms with Gasteiger partial charge in [0.15, 0.2) is 0 Å². The number of aliphatic hydroxyl groups excluding tert-OH is 1. The highest BCUT2D eigenvalue weighted by Gasteiger charge is 2.35. The van der Waals surface area contributed by atoms with Crippen LogP contribution in [0.3, 0.4) is 0 Å². The van der Waals surface area contributed by atoms with Crippen LogP contribution in [0.25, 0.3) is 0 Å². The van der Waals surface area contributed by atoms with Crippen LogP contribution in [0.15, 0.2) is 0 Å². The monoisotopic (exact) mass is 967 g/mol. The summed E-state index contributed by atoms with van der Waals surface area (Å²) in [6, 6.07) is -8.75. The van der Waals surface area contributed by atoms with Crippen LogP contribution < -0.4 is 65.5 Å². The number of ketones is 1. The molecule has 22 nitrogen and oxygen atoms in total. The molecule has 1 saturated heterocycles. The highest BCUT2D eigenvalue weighted by Crippen LogP contribution is 2.16. The third kappa shape index (κ3) is 24.0. The predicted octanol–water partition coefficient (Wildman–Crippen LogP) is -1.91. The maximum Gasteiger partial charge on any atom is 0.243 e. The van der Waals surface area contributed by atoms with E-state index in [1.165, 1.54) is 6.92 Å². The van der Waals surface area contributed by atoms with Gasteiger partial charge in [0.2, 0.25) is 47.3 Å². The molecular weight excluding hydrogens is 881 g/mol. The SMILES string of the molecule is CCCCCCC[C@@H](O)CC(=O)C[C@H](CCN)C(=O)N[C@H]1CCNC(=O)[C@H](CC(C)C)NC(=O)[C@H](CCN)NC(=O)[C@H](CCN)NC(=O)[C@H](CC(C)C)NC(=O)[C@H](C)NC(=O)[C@H](CCN)NC1=O. The zero-order chi connectivity index (χ0) is 51.3. The molecule has 22 heteroatoms. The molecule has 1 aliphatic heterocycles. The minimum Gasteiger partial charge on any atom is -0.393 e. The van der Waals surface area contributed by atoms with Gasteiger partial charge in [0.1, 0.15) is 48.1 Å². The van der Waals surface area contributed by atoms with E-state index in [2.05, 4.69) is 49.5 Å². The standard InChI is InChI=1S/C46H86N12O10/c1-7-8-9-10-11-12-31(59)26-32(60)25-30(13-18-47)40(62)53-36-17-22-51-41(63)37(23-27(2)3)58-44(66)35(16-21-50)55-43(65)34(15-20-49)56-46(68)38(24-28(4)5)57-39(61)29(6)52-42(64)33(14-19-48)54-45(36)67/h27-31,33-38,59H,7-26,47-50H2,1-6H3,(H,51,63)(H,52,64)(H,53,62)(H,54,67)(H,55,65)(H,56,68)(H,57,61)(H,58,66)/t29-,30-,31+,33-,34-,35-,36-,37-,38-/m0/s1. The molecule has 0 radical (unpaired) electrons. The normalized spacial score (nSPS) is 24.1. The van der Waals surface area contributed by atoms with Crippen LogP contribution in [-0.2, 0) is 43.2 Å². The van der Waals surface area contributed by atoms with Crippen molar-refractivity contribution in [3.05, 3.63) is 0 Å². The average molecular weight is 967 g/mol. The Bertz CT molecular complexity index is 1620. The molecule has 0 aliphatic carbocycles. The summed E-state index contributed by atoms with van der Waals surface area (Å²) in [6.45, 7) is 10.4. The van der Waals surface area contributed by atoms with Crippen LogP contribution in [-0.4, -0.2) is 139 Å². The van der Waals surface area contributed by atoms with Gasteiger partial charge in [-0.05, 0) is 96.3 Å². The minimum atomic E-state index is -1.40. The van der Waals surface area contributed by atoms with Crippen LogP contribution in [0, 0.1) is 17.8 Å². The van der Waals surface area contributed by atoms with E-state index in [0.717, 1.165) is 32.1 Å². The van der Waals surface area contributed by atoms with Crippen LogP contribution in [0.2, 0.25) is 0 Å². The van der Waals surface area contributed by atoms with Crippen LogP contribution in [0.5, 0.6) is 0 Å². The van der Waals surface area contributed by atoms with E-state index in [1.807, 2.05) is 27.7 Å². The summed E-state index contributed by atoms with van der Waals surface area (Å²) < 4.78 is 0. The van der Waals surface area contributed by atoms with Crippen LogP contribution >= 0.6 is 0 Å². The van der Waals surface area contributed by atoms with Crippen LogP contribution in [0.4, 0.5) is 0 Å². The van der Waals surface area contributed by atoms with Crippen molar-refractivity contribution in [2.45, 2.75) is 186 Å². The number of nitrogens with two attached hydrogens (primary N) is 4. The fourth-order valence-corrected chi connectivity index (χ4v) is 7.73. The maximum atomic E-state index is 14.1. The lowest BCUT2D eigenvalue weighted by Gasteiger charge is -2.27. The van der Waals surface area contributed by atoms with Gasteiger partial charge in [-0.2, -0.15) is 0 Å². The van der Waals surface area contributed by atoms with Gasteiger partial charge in [0.05, 0.1) is 6.10 Å². The van der Waals surface area contributed by atoms with Gasteiger partial charge in [-0.3, -0.25) is 43.2 Å². The van der Waals surface area contributed by atoms with Crippen LogP contribution in [0.1, 0.15) is 138 Å². The fourth-order valence-electron chi connectivity index (χ4n) is 7.73. The second-order valence-corrected chi connectivity index (χ2v) is 18.7. The number of hydrogen-bond donors (Lipinski definition) is 13. The molecule has 0 aromatic carbocycles. The average Bonchev–Trinajstić information content (AvgIpc) is 3.26. The molecule has 0 aromatic heterocycles. The highest BCUT2D eigenvalue weighted by atomic mass is 16.3. The number of nitrogens with one attached hydrogen (secondary N) is 8. The van der Waals surface area contributed by atoms with Crippen molar-refractivity contribution in [2.24, 2.45) is 40.7 Å². The van der Waals surface area contributed by atoms with Crippen molar-refractivity contribution in [1.82, 2.24) is 42.5 Å². The first-order chi connectivity index (χ1) is 32.2. The van der Waals surface area contributed by atoms with Crippen molar-refractivity contribution in [1.29, 1.82) is 0 Å². The summed E-state index contributed by atoms with van der Waals surface area (Å²) in [5.74, 6) is -7.52. The summed E-state index contributed by atoms with van der Waals surface area (Å²) in [5.41, 5.74) is 23.4. The van der Waals surface area contributed by atoms with E-state index in [1.54, 1.807) is 0 Å². The number of amides is 8. The van der Waals surface area contributed by atoms with Crippen molar-refractivity contribution in [3.63, 3.8) is 0 Å². The topological polar surface area (TPSA) is 374 Å². The number of carbonyl (C=O) groups excluding carboxylic acids is 9. The molecule has 0 bridgehead atoms. The lowest BCUT2D eigenvalue weighted by atomic mass is 9.93. The van der Waals surface area contributed by atoms with E-state index < -0.39 is 102 Å². The molecule has 1 aliphatic rings. The first-order valence-electron chi connectivity index (χ1n) is 24.6. The number of carbonyl (C=O) groups is 9. The van der Waals surface area contributed by atoms with Gasteiger partial charge in [0, 0.05) is 25.3 Å². The lowest BCUT2D eigenvalue weighted by molar-refractivity contribution is -0.136. The number of rotatable bonds is 24. The molecule has 0 unspecified atom stereocenters. The fraction of sp³-hybridized carbons (Fsp3) is 0.804. The lowest BCUT2D eigenvalue weighted by Crippen LogP contribution is -2.60. The number of unbranched alkanes of at least 4 members (excludes halogenated alkanes) is 4. The number of hydrogen-bond acceptors (Lipinski definition) is 14. The van der Waals surface area contributed by atoms with E-state index in [9.17, 15) is 48.3 Å². The Morgan fingerprint density at radius 1 is 0.588 bits per heavy atom. The van der Waals surface area contributed by atoms with E-state index in [0.29, 0.717) is 6.42 Å². The van der Waals surface area contributed by atoms with Crippen molar-refractivity contribution >= 4 is 53.0 Å². The van der Waals surface area contributed by atoms with Crippen molar-refractivity contribution < 1.29 is 48.3 Å². The van der Waals surface area contributed by atoms with Gasteiger partial charge in [-0.25, -0.2) is 0 Å². The molecule has 17 N–H and O–H groups in total. The van der Waals surface area contributed by atoms with Gasteiger partial charge < -0.3 is 70.6 Å². The molecular formula is C46H86N12O10. The Balaban J connectivity index is 3.67. The Kier molecular flexibility index (Phi) is 30.3.